The number of anilines is 2. The first-order valence-electron chi connectivity index (χ1n) is 14.7. The Morgan fingerprint density at radius 3 is 2.45 bits per heavy atom. The second-order valence-electron chi connectivity index (χ2n) is 10.5. The topological polar surface area (TPSA) is 127 Å². The van der Waals surface area contributed by atoms with E-state index in [1.54, 1.807) is 52.6 Å². The highest BCUT2D eigenvalue weighted by molar-refractivity contribution is 7.92. The van der Waals surface area contributed by atoms with E-state index in [-0.39, 0.29) is 10.9 Å². The van der Waals surface area contributed by atoms with Gasteiger partial charge < -0.3 is 10.4 Å². The number of carbonyl (C=O) groups excluding carboxylic acids is 1. The van der Waals surface area contributed by atoms with E-state index in [0.29, 0.717) is 37.7 Å². The number of amides is 2. The average Bonchev–Trinajstić information content (AvgIpc) is 3.38. The molecule has 1 saturated heterocycles. The van der Waals surface area contributed by atoms with Gasteiger partial charge in [0.2, 0.25) is 0 Å². The molecule has 42 heavy (non-hydrogen) atoms. The molecule has 0 unspecified atom stereocenters. The monoisotopic (exact) mass is 594 g/mol. The molecule has 2 amide bonds. The molecule has 0 radical (unpaired) electrons. The zero-order valence-corrected chi connectivity index (χ0v) is 25.0. The number of aliphatic hydroxyl groups is 1. The van der Waals surface area contributed by atoms with Crippen LogP contribution in [0.25, 0.3) is 0 Å². The Balaban J connectivity index is 1.22. The number of hydrazine groups is 1. The lowest BCUT2D eigenvalue weighted by molar-refractivity contribution is 0.174. The zero-order chi connectivity index (χ0) is 29.8. The molecular formula is C31H42N6O4S. The van der Waals surface area contributed by atoms with Gasteiger partial charge in [0.1, 0.15) is 0 Å². The Kier molecular flexibility index (Phi) is 11.7. The summed E-state index contributed by atoms with van der Waals surface area (Å²) >= 11 is 0. The fourth-order valence-electron chi connectivity index (χ4n) is 4.78. The number of nitrogens with one attached hydrogen (secondary N) is 3. The molecular weight excluding hydrogens is 552 g/mol. The Morgan fingerprint density at radius 1 is 1.00 bits per heavy atom. The molecule has 2 aromatic carbocycles. The Hall–Kier alpha value is -3.51. The molecule has 1 aliphatic rings. The van der Waals surface area contributed by atoms with Crippen LogP contribution in [-0.2, 0) is 16.4 Å². The third-order valence-electron chi connectivity index (χ3n) is 7.28. The number of aliphatic hydroxyl groups excluding tert-OH is 1. The van der Waals surface area contributed by atoms with E-state index in [0.717, 1.165) is 30.4 Å². The Morgan fingerprint density at radius 2 is 1.74 bits per heavy atom. The molecule has 1 fully saturated rings. The quantitative estimate of drug-likeness (QED) is 0.165. The highest BCUT2D eigenvalue weighted by Crippen LogP contribution is 2.23. The van der Waals surface area contributed by atoms with E-state index < -0.39 is 16.1 Å². The molecule has 0 bridgehead atoms. The van der Waals surface area contributed by atoms with Crippen LogP contribution in [0.15, 0.2) is 78.0 Å². The second kappa shape index (κ2) is 15.6. The van der Waals surface area contributed by atoms with E-state index >= 15 is 0 Å². The number of carbonyl (C=O) groups is 1. The molecule has 11 heteroatoms. The minimum atomic E-state index is -3.79. The van der Waals surface area contributed by atoms with Crippen LogP contribution >= 0.6 is 0 Å². The van der Waals surface area contributed by atoms with Gasteiger partial charge in [0.15, 0.2) is 0 Å². The Bertz CT molecular complexity index is 1350. The molecule has 1 aliphatic heterocycles. The van der Waals surface area contributed by atoms with Gasteiger partial charge in [-0.3, -0.25) is 19.6 Å². The highest BCUT2D eigenvalue weighted by atomic mass is 32.2. The second-order valence-corrected chi connectivity index (χ2v) is 12.2. The van der Waals surface area contributed by atoms with Crippen LogP contribution in [0.5, 0.6) is 0 Å². The molecule has 0 saturated carbocycles. The molecule has 1 aromatic heterocycles. The normalized spacial score (nSPS) is 14.4. The molecule has 1 atom stereocenters. The first-order chi connectivity index (χ1) is 20.4. The minimum Gasteiger partial charge on any atom is -0.387 e. The maximum absolute atomic E-state index is 13.0. The van der Waals surface area contributed by atoms with Gasteiger partial charge >= 0.3 is 6.03 Å². The SMILES string of the molecule is CCCCCCCCN1NCN(c2ccc(S(=O)(=O)Nc3ccc(CCNC[C@H](O)c4cccnc4)cc3)cc2)C1=O. The maximum atomic E-state index is 13.0. The van der Waals surface area contributed by atoms with Crippen molar-refractivity contribution < 1.29 is 18.3 Å². The number of hydrogen-bond acceptors (Lipinski definition) is 7. The Labute approximate surface area is 249 Å². The molecule has 10 nitrogen and oxygen atoms in total. The minimum absolute atomic E-state index is 0.121. The first kappa shape index (κ1) is 31.4. The van der Waals surface area contributed by atoms with Crippen molar-refractivity contribution in [2.45, 2.75) is 62.9 Å². The van der Waals surface area contributed by atoms with E-state index in [1.165, 1.54) is 37.8 Å². The maximum Gasteiger partial charge on any atom is 0.340 e. The van der Waals surface area contributed by atoms with Crippen LogP contribution in [0.1, 0.15) is 62.7 Å². The molecule has 4 rings (SSSR count). The van der Waals surface area contributed by atoms with Gasteiger partial charge in [0, 0.05) is 42.4 Å². The third kappa shape index (κ3) is 8.99. The van der Waals surface area contributed by atoms with E-state index in [4.69, 9.17) is 0 Å². The van der Waals surface area contributed by atoms with Crippen LogP contribution in [-0.4, -0.2) is 55.9 Å². The summed E-state index contributed by atoms with van der Waals surface area (Å²) in [6.07, 6.45) is 10.4. The number of urea groups is 1. The lowest BCUT2D eigenvalue weighted by Crippen LogP contribution is -2.36. The lowest BCUT2D eigenvalue weighted by atomic mass is 10.1. The van der Waals surface area contributed by atoms with Crippen molar-refractivity contribution in [1.82, 2.24) is 20.7 Å². The molecule has 4 N–H and O–H groups in total. The number of unbranched alkanes of at least 4 members (excludes halogenated alkanes) is 5. The van der Waals surface area contributed by atoms with Gasteiger partial charge in [0.05, 0.1) is 17.7 Å². The van der Waals surface area contributed by atoms with Crippen LogP contribution in [0.4, 0.5) is 16.2 Å². The van der Waals surface area contributed by atoms with Gasteiger partial charge in [-0.05, 0) is 67.4 Å². The molecule has 0 spiro atoms. The van der Waals surface area contributed by atoms with Crippen molar-refractivity contribution in [3.63, 3.8) is 0 Å². The summed E-state index contributed by atoms with van der Waals surface area (Å²) in [7, 11) is -3.79. The van der Waals surface area contributed by atoms with Gasteiger partial charge in [-0.25, -0.2) is 18.6 Å². The number of rotatable bonds is 17. The zero-order valence-electron chi connectivity index (χ0n) is 24.2. The van der Waals surface area contributed by atoms with Crippen molar-refractivity contribution in [1.29, 1.82) is 0 Å². The van der Waals surface area contributed by atoms with Crippen LogP contribution in [0.2, 0.25) is 0 Å². The van der Waals surface area contributed by atoms with E-state index in [2.05, 4.69) is 27.4 Å². The van der Waals surface area contributed by atoms with Gasteiger partial charge in [-0.2, -0.15) is 0 Å². The van der Waals surface area contributed by atoms with Crippen molar-refractivity contribution in [3.8, 4) is 0 Å². The van der Waals surface area contributed by atoms with Crippen LogP contribution in [0, 0.1) is 0 Å². The first-order valence-corrected chi connectivity index (χ1v) is 16.2. The largest absolute Gasteiger partial charge is 0.387 e. The predicted octanol–water partition coefficient (Wildman–Crippen LogP) is 4.81. The third-order valence-corrected chi connectivity index (χ3v) is 8.68. The summed E-state index contributed by atoms with van der Waals surface area (Å²) < 4.78 is 28.6. The van der Waals surface area contributed by atoms with Gasteiger partial charge in [-0.15, -0.1) is 0 Å². The fourth-order valence-corrected chi connectivity index (χ4v) is 5.84. The number of aromatic nitrogens is 1. The van der Waals surface area contributed by atoms with Crippen molar-refractivity contribution >= 4 is 27.4 Å². The summed E-state index contributed by atoms with van der Waals surface area (Å²) in [4.78, 5) is 18.6. The van der Waals surface area contributed by atoms with Gasteiger partial charge in [0.25, 0.3) is 10.0 Å². The summed E-state index contributed by atoms with van der Waals surface area (Å²) in [6, 6.07) is 17.1. The molecule has 226 valence electrons. The van der Waals surface area contributed by atoms with Crippen LogP contribution < -0.4 is 20.4 Å². The van der Waals surface area contributed by atoms with Crippen LogP contribution in [0.3, 0.4) is 0 Å². The fraction of sp³-hybridized carbons (Fsp3) is 0.419. The standard InChI is InChI=1S/C31H42N6O4S/c1-2-3-4-5-6-7-21-37-31(39)36(24-34-37)28-14-16-29(17-15-28)42(40,41)35-27-12-10-25(11-13-27)18-20-33-23-30(38)26-9-8-19-32-22-26/h8-17,19,22,30,33-35,38H,2-7,18,20-21,23-24H2,1H3/t30-/m0/s1. The highest BCUT2D eigenvalue weighted by Gasteiger charge is 2.29. The smallest absolute Gasteiger partial charge is 0.340 e. The lowest BCUT2D eigenvalue weighted by Gasteiger charge is -2.17. The number of benzene rings is 2. The van der Waals surface area contributed by atoms with Gasteiger partial charge in [-0.1, -0.05) is 57.2 Å². The summed E-state index contributed by atoms with van der Waals surface area (Å²) in [5.41, 5.74) is 6.04. The average molecular weight is 595 g/mol. The number of sulfonamides is 1. The van der Waals surface area contributed by atoms with E-state index in [1.807, 2.05) is 18.2 Å². The van der Waals surface area contributed by atoms with E-state index in [9.17, 15) is 18.3 Å². The van der Waals surface area contributed by atoms with Crippen molar-refractivity contribution in [3.05, 3.63) is 84.2 Å². The number of pyridine rings is 1. The predicted molar refractivity (Wildman–Crippen MR) is 165 cm³/mol. The van der Waals surface area contributed by atoms with Crippen molar-refractivity contribution in [2.24, 2.45) is 0 Å². The summed E-state index contributed by atoms with van der Waals surface area (Å²) in [5, 5.41) is 15.1. The number of hydrogen-bond donors (Lipinski definition) is 4. The number of nitrogens with zero attached hydrogens (tertiary/aromatic N) is 3. The summed E-state index contributed by atoms with van der Waals surface area (Å²) in [5.74, 6) is 0. The molecule has 3 aromatic rings. The summed E-state index contributed by atoms with van der Waals surface area (Å²) in [6.45, 7) is 4.29. The molecule has 0 aliphatic carbocycles. The molecule has 2 heterocycles. The van der Waals surface area contributed by atoms with Crippen molar-refractivity contribution in [2.75, 3.05) is 35.9 Å².